The van der Waals surface area contributed by atoms with Gasteiger partial charge in [-0.3, -0.25) is 0 Å². The minimum atomic E-state index is -0.701. The van der Waals surface area contributed by atoms with Crippen LogP contribution in [-0.2, 0) is 4.79 Å². The first kappa shape index (κ1) is 9.10. The van der Waals surface area contributed by atoms with Crippen molar-refractivity contribution in [2.75, 3.05) is 6.54 Å². The molecule has 0 spiro atoms. The Morgan fingerprint density at radius 1 is 1.75 bits per heavy atom. The summed E-state index contributed by atoms with van der Waals surface area (Å²) < 4.78 is 0. The first-order valence-corrected chi connectivity index (χ1v) is 4.41. The maximum absolute atomic E-state index is 10.7. The van der Waals surface area contributed by atoms with Crippen LogP contribution in [0.15, 0.2) is 12.3 Å². The number of rotatable bonds is 3. The van der Waals surface area contributed by atoms with Gasteiger partial charge in [0.25, 0.3) is 0 Å². The molecular weight excluding hydrogens is 154 g/mol. The predicted molar refractivity (Wildman–Crippen MR) is 46.8 cm³/mol. The first-order chi connectivity index (χ1) is 5.75. The van der Waals surface area contributed by atoms with E-state index in [9.17, 15) is 4.79 Å². The molecule has 3 heteroatoms. The van der Waals surface area contributed by atoms with Crippen molar-refractivity contribution in [3.8, 4) is 0 Å². The van der Waals surface area contributed by atoms with Crippen molar-refractivity contribution in [2.45, 2.75) is 32.2 Å². The Hall–Kier alpha value is -0.990. The van der Waals surface area contributed by atoms with E-state index in [4.69, 9.17) is 5.11 Å². The predicted octanol–water partition coefficient (Wildman–Crippen LogP) is 1.46. The van der Waals surface area contributed by atoms with Gasteiger partial charge in [0.05, 0.1) is 0 Å². The summed E-state index contributed by atoms with van der Waals surface area (Å²) in [5.41, 5.74) is 0. The molecule has 1 unspecified atom stereocenters. The maximum atomic E-state index is 10.7. The number of nitrogens with zero attached hydrogens (tertiary/aromatic N) is 1. The topological polar surface area (TPSA) is 40.5 Å². The third-order valence-corrected chi connectivity index (χ3v) is 2.11. The molecule has 3 nitrogen and oxygen atoms in total. The van der Waals surface area contributed by atoms with Crippen molar-refractivity contribution < 1.29 is 9.90 Å². The number of aliphatic carboxylic acids is 1. The molecule has 68 valence electrons. The number of hydrogen-bond acceptors (Lipinski definition) is 2. The van der Waals surface area contributed by atoms with Gasteiger partial charge in [-0.1, -0.05) is 13.0 Å². The third-order valence-electron chi connectivity index (χ3n) is 2.11. The molecule has 0 bridgehead atoms. The third kappa shape index (κ3) is 2.00. The van der Waals surface area contributed by atoms with Gasteiger partial charge >= 0.3 is 5.97 Å². The molecule has 1 N–H and O–H groups in total. The van der Waals surface area contributed by atoms with E-state index in [1.54, 1.807) is 0 Å². The van der Waals surface area contributed by atoms with Gasteiger partial charge < -0.3 is 10.0 Å². The Balaban J connectivity index is 2.52. The van der Waals surface area contributed by atoms with E-state index >= 15 is 0 Å². The summed E-state index contributed by atoms with van der Waals surface area (Å²) in [6.45, 7) is 2.93. The zero-order valence-corrected chi connectivity index (χ0v) is 7.36. The number of carboxylic acid groups (broad SMARTS) is 1. The lowest BCUT2D eigenvalue weighted by molar-refractivity contribution is -0.141. The van der Waals surface area contributed by atoms with Gasteiger partial charge in [-0.15, -0.1) is 0 Å². The summed E-state index contributed by atoms with van der Waals surface area (Å²) in [6.07, 6.45) is 6.64. The van der Waals surface area contributed by atoms with Crippen LogP contribution in [-0.4, -0.2) is 28.6 Å². The average molecular weight is 169 g/mol. The van der Waals surface area contributed by atoms with E-state index in [0.29, 0.717) is 0 Å². The molecule has 1 rings (SSSR count). The molecular formula is C9H15NO2. The molecule has 0 aromatic heterocycles. The number of hydrogen-bond donors (Lipinski definition) is 1. The average Bonchev–Trinajstić information content (AvgIpc) is 2.48. The lowest BCUT2D eigenvalue weighted by atomic mass is 10.2. The Labute approximate surface area is 72.7 Å². The summed E-state index contributed by atoms with van der Waals surface area (Å²) in [5.74, 6) is -0.701. The van der Waals surface area contributed by atoms with Crippen molar-refractivity contribution in [1.82, 2.24) is 4.90 Å². The second kappa shape index (κ2) is 4.14. The highest BCUT2D eigenvalue weighted by Gasteiger charge is 2.27. The van der Waals surface area contributed by atoms with Crippen LogP contribution in [0.2, 0.25) is 0 Å². The smallest absolute Gasteiger partial charge is 0.326 e. The minimum Gasteiger partial charge on any atom is -0.480 e. The summed E-state index contributed by atoms with van der Waals surface area (Å²) in [7, 11) is 0. The van der Waals surface area contributed by atoms with Crippen molar-refractivity contribution in [3.05, 3.63) is 12.3 Å². The van der Waals surface area contributed by atoms with Crippen LogP contribution >= 0.6 is 0 Å². The molecule has 1 saturated heterocycles. The Kier molecular flexibility index (Phi) is 3.14. The highest BCUT2D eigenvalue weighted by molar-refractivity contribution is 5.74. The molecule has 0 radical (unpaired) electrons. The molecule has 1 fully saturated rings. The van der Waals surface area contributed by atoms with Crippen LogP contribution < -0.4 is 0 Å². The van der Waals surface area contributed by atoms with Crippen molar-refractivity contribution >= 4 is 5.97 Å². The van der Waals surface area contributed by atoms with E-state index < -0.39 is 5.97 Å². The van der Waals surface area contributed by atoms with Gasteiger partial charge in [-0.25, -0.2) is 4.79 Å². The summed E-state index contributed by atoms with van der Waals surface area (Å²) >= 11 is 0. The van der Waals surface area contributed by atoms with E-state index in [1.165, 1.54) is 0 Å². The number of carbonyl (C=O) groups is 1. The molecule has 1 heterocycles. The monoisotopic (exact) mass is 169 g/mol. The summed E-state index contributed by atoms with van der Waals surface area (Å²) in [6, 6.07) is -0.284. The van der Waals surface area contributed by atoms with Gasteiger partial charge in [0.1, 0.15) is 6.04 Å². The molecule has 12 heavy (non-hydrogen) atoms. The number of likely N-dealkylation sites (tertiary alicyclic amines) is 1. The molecule has 1 aliphatic rings. The molecule has 0 saturated carbocycles. The molecule has 1 aliphatic heterocycles. The zero-order chi connectivity index (χ0) is 8.97. The van der Waals surface area contributed by atoms with Crippen LogP contribution in [0.1, 0.15) is 26.2 Å². The quantitative estimate of drug-likeness (QED) is 0.695. The van der Waals surface area contributed by atoms with Crippen molar-refractivity contribution in [1.29, 1.82) is 0 Å². The van der Waals surface area contributed by atoms with E-state index in [2.05, 4.69) is 0 Å². The van der Waals surface area contributed by atoms with Gasteiger partial charge in [-0.05, 0) is 25.5 Å². The normalized spacial score (nSPS) is 23.8. The second-order valence-corrected chi connectivity index (χ2v) is 3.03. The minimum absolute atomic E-state index is 0.284. The summed E-state index contributed by atoms with van der Waals surface area (Å²) in [4.78, 5) is 12.6. The lowest BCUT2D eigenvalue weighted by Gasteiger charge is -2.18. The van der Waals surface area contributed by atoms with Crippen LogP contribution in [0.25, 0.3) is 0 Å². The number of carboxylic acids is 1. The van der Waals surface area contributed by atoms with Crippen molar-refractivity contribution in [3.63, 3.8) is 0 Å². The fraction of sp³-hybridized carbons (Fsp3) is 0.667. The van der Waals surface area contributed by atoms with E-state index in [1.807, 2.05) is 24.1 Å². The summed E-state index contributed by atoms with van der Waals surface area (Å²) in [5, 5.41) is 8.81. The van der Waals surface area contributed by atoms with Gasteiger partial charge in [0.2, 0.25) is 0 Å². The van der Waals surface area contributed by atoms with E-state index in [-0.39, 0.29) is 6.04 Å². The SMILES string of the molecule is CC/C=C/N1CCCC1C(=O)O. The van der Waals surface area contributed by atoms with Crippen molar-refractivity contribution in [2.24, 2.45) is 0 Å². The molecule has 0 amide bonds. The standard InChI is InChI=1S/C9H15NO2/c1-2-3-6-10-7-4-5-8(10)9(11)12/h3,6,8H,2,4-5,7H2,1H3,(H,11,12)/b6-3+. The van der Waals surface area contributed by atoms with Crippen LogP contribution in [0.3, 0.4) is 0 Å². The van der Waals surface area contributed by atoms with Gasteiger partial charge in [0, 0.05) is 6.54 Å². The van der Waals surface area contributed by atoms with Crippen LogP contribution in [0.4, 0.5) is 0 Å². The van der Waals surface area contributed by atoms with E-state index in [0.717, 1.165) is 25.8 Å². The lowest BCUT2D eigenvalue weighted by Crippen LogP contribution is -2.31. The molecule has 1 atom stereocenters. The van der Waals surface area contributed by atoms with Gasteiger partial charge in [0.15, 0.2) is 0 Å². The zero-order valence-electron chi connectivity index (χ0n) is 7.36. The van der Waals surface area contributed by atoms with Crippen LogP contribution in [0.5, 0.6) is 0 Å². The highest BCUT2D eigenvalue weighted by atomic mass is 16.4. The Bertz CT molecular complexity index is 189. The molecule has 0 aliphatic carbocycles. The van der Waals surface area contributed by atoms with Gasteiger partial charge in [-0.2, -0.15) is 0 Å². The largest absolute Gasteiger partial charge is 0.480 e. The second-order valence-electron chi connectivity index (χ2n) is 3.03. The molecule has 0 aromatic carbocycles. The fourth-order valence-corrected chi connectivity index (χ4v) is 1.47. The highest BCUT2D eigenvalue weighted by Crippen LogP contribution is 2.17. The molecule has 0 aromatic rings. The number of allylic oxidation sites excluding steroid dienone is 1. The first-order valence-electron chi connectivity index (χ1n) is 4.41. The maximum Gasteiger partial charge on any atom is 0.326 e. The Morgan fingerprint density at radius 3 is 3.08 bits per heavy atom. The Morgan fingerprint density at radius 2 is 2.50 bits per heavy atom. The van der Waals surface area contributed by atoms with Crippen LogP contribution in [0, 0.1) is 0 Å². The fourth-order valence-electron chi connectivity index (χ4n) is 1.47.